The molecule has 2 aromatic rings. The highest BCUT2D eigenvalue weighted by Gasteiger charge is 2.41. The van der Waals surface area contributed by atoms with Crippen LogP contribution in [0.4, 0.5) is 0 Å². The molecule has 1 aromatic carbocycles. The van der Waals surface area contributed by atoms with Crippen molar-refractivity contribution in [3.63, 3.8) is 0 Å². The maximum atomic E-state index is 12.5. The minimum absolute atomic E-state index is 0.141. The molecule has 1 fully saturated rings. The van der Waals surface area contributed by atoms with Crippen molar-refractivity contribution in [3.8, 4) is 11.8 Å². The van der Waals surface area contributed by atoms with Crippen LogP contribution < -0.4 is 5.32 Å². The summed E-state index contributed by atoms with van der Waals surface area (Å²) in [5, 5.41) is 16.5. The highest BCUT2D eigenvalue weighted by Crippen LogP contribution is 2.38. The smallest absolute Gasteiger partial charge is 0.240 e. The predicted octanol–water partition coefficient (Wildman–Crippen LogP) is 2.53. The normalized spacial score (nSPS) is 17.4. The van der Waals surface area contributed by atoms with E-state index in [1.807, 2.05) is 31.2 Å². The van der Waals surface area contributed by atoms with Crippen LogP contribution >= 0.6 is 0 Å². The fraction of sp³-hybridized carbons (Fsp3) is 0.412. The van der Waals surface area contributed by atoms with E-state index in [-0.39, 0.29) is 11.9 Å². The Hall–Kier alpha value is -2.68. The Kier molecular flexibility index (Phi) is 4.11. The summed E-state index contributed by atoms with van der Waals surface area (Å²) in [4.78, 5) is 16.4. The molecule has 6 heteroatoms. The summed E-state index contributed by atoms with van der Waals surface area (Å²) in [7, 11) is 0. The van der Waals surface area contributed by atoms with Crippen LogP contribution in [0.5, 0.6) is 0 Å². The van der Waals surface area contributed by atoms with E-state index in [2.05, 4.69) is 21.5 Å². The minimum atomic E-state index is -0.838. The van der Waals surface area contributed by atoms with Gasteiger partial charge in [0, 0.05) is 0 Å². The number of benzene rings is 1. The number of nitrogens with one attached hydrogen (secondary N) is 1. The van der Waals surface area contributed by atoms with Gasteiger partial charge in [-0.1, -0.05) is 25.0 Å². The molecule has 1 N–H and O–H groups in total. The van der Waals surface area contributed by atoms with E-state index < -0.39 is 5.41 Å². The molecule has 23 heavy (non-hydrogen) atoms. The van der Waals surface area contributed by atoms with Gasteiger partial charge in [-0.25, -0.2) is 9.67 Å². The zero-order valence-electron chi connectivity index (χ0n) is 13.1. The van der Waals surface area contributed by atoms with Crippen molar-refractivity contribution >= 4 is 5.91 Å². The molecule has 1 aliphatic carbocycles. The van der Waals surface area contributed by atoms with Crippen LogP contribution in [0, 0.1) is 16.7 Å². The molecule has 0 radical (unpaired) electrons. The predicted molar refractivity (Wildman–Crippen MR) is 84.4 cm³/mol. The monoisotopic (exact) mass is 309 g/mol. The quantitative estimate of drug-likeness (QED) is 0.940. The number of aromatic nitrogens is 3. The number of carbonyl (C=O) groups is 1. The van der Waals surface area contributed by atoms with Crippen LogP contribution in [0.3, 0.4) is 0 Å². The fourth-order valence-electron chi connectivity index (χ4n) is 3.04. The van der Waals surface area contributed by atoms with E-state index in [0.29, 0.717) is 12.8 Å². The second-order valence-electron chi connectivity index (χ2n) is 6.03. The fourth-order valence-corrected chi connectivity index (χ4v) is 3.04. The van der Waals surface area contributed by atoms with Gasteiger partial charge in [0.2, 0.25) is 5.91 Å². The summed E-state index contributed by atoms with van der Waals surface area (Å²) in [6, 6.07) is 9.86. The number of nitrogens with zero attached hydrogens (tertiary/aromatic N) is 4. The molecule has 6 nitrogen and oxygen atoms in total. The van der Waals surface area contributed by atoms with Gasteiger partial charge in [0.05, 0.1) is 17.8 Å². The Morgan fingerprint density at radius 3 is 2.61 bits per heavy atom. The number of hydrogen-bond donors (Lipinski definition) is 1. The van der Waals surface area contributed by atoms with Crippen LogP contribution in [0.1, 0.15) is 44.2 Å². The molecule has 3 rings (SSSR count). The number of amides is 1. The molecule has 1 heterocycles. The van der Waals surface area contributed by atoms with Gasteiger partial charge < -0.3 is 5.32 Å². The second-order valence-corrected chi connectivity index (χ2v) is 6.03. The van der Waals surface area contributed by atoms with Gasteiger partial charge in [-0.05, 0) is 37.5 Å². The molecular formula is C17H19N5O. The zero-order valence-corrected chi connectivity index (χ0v) is 13.1. The lowest BCUT2D eigenvalue weighted by molar-refractivity contribution is -0.128. The highest BCUT2D eigenvalue weighted by molar-refractivity contribution is 5.86. The van der Waals surface area contributed by atoms with Crippen LogP contribution in [0.2, 0.25) is 0 Å². The van der Waals surface area contributed by atoms with E-state index in [4.69, 9.17) is 0 Å². The van der Waals surface area contributed by atoms with Gasteiger partial charge in [0.25, 0.3) is 0 Å². The van der Waals surface area contributed by atoms with Gasteiger partial charge in [0.15, 0.2) is 0 Å². The van der Waals surface area contributed by atoms with Gasteiger partial charge >= 0.3 is 0 Å². The summed E-state index contributed by atoms with van der Waals surface area (Å²) in [5.74, 6) is -0.148. The maximum absolute atomic E-state index is 12.5. The molecule has 1 aromatic heterocycles. The van der Waals surface area contributed by atoms with Crippen LogP contribution in [-0.2, 0) is 4.79 Å². The Bertz CT molecular complexity index is 708. The van der Waals surface area contributed by atoms with Crippen molar-refractivity contribution < 1.29 is 4.79 Å². The first-order valence-electron chi connectivity index (χ1n) is 7.82. The number of nitriles is 1. The third-order valence-corrected chi connectivity index (χ3v) is 4.53. The van der Waals surface area contributed by atoms with Crippen molar-refractivity contribution in [3.05, 3.63) is 42.5 Å². The van der Waals surface area contributed by atoms with Crippen LogP contribution in [0.25, 0.3) is 5.69 Å². The molecule has 0 spiro atoms. The summed E-state index contributed by atoms with van der Waals surface area (Å²) in [6.45, 7) is 1.93. The van der Waals surface area contributed by atoms with Crippen molar-refractivity contribution in [2.45, 2.75) is 38.6 Å². The largest absolute Gasteiger partial charge is 0.348 e. The molecular weight excluding hydrogens is 290 g/mol. The van der Waals surface area contributed by atoms with Gasteiger partial charge in [-0.2, -0.15) is 10.4 Å². The average molecular weight is 309 g/mol. The first-order chi connectivity index (χ1) is 11.1. The minimum Gasteiger partial charge on any atom is -0.348 e. The SMILES string of the molecule is CC(NC(=O)C1(C#N)CCCC1)c1ccc(-n2cncn2)cc1. The molecule has 1 aliphatic rings. The molecule has 1 atom stereocenters. The first-order valence-corrected chi connectivity index (χ1v) is 7.82. The summed E-state index contributed by atoms with van der Waals surface area (Å²) < 4.78 is 1.68. The summed E-state index contributed by atoms with van der Waals surface area (Å²) in [6.07, 6.45) is 6.33. The number of carbonyl (C=O) groups excluding carboxylic acids is 1. The van der Waals surface area contributed by atoms with E-state index in [1.54, 1.807) is 11.0 Å². The Morgan fingerprint density at radius 2 is 2.04 bits per heavy atom. The van der Waals surface area contributed by atoms with Crippen molar-refractivity contribution in [1.29, 1.82) is 5.26 Å². The first kappa shape index (κ1) is 15.2. The van der Waals surface area contributed by atoms with Gasteiger partial charge in [0.1, 0.15) is 18.1 Å². The van der Waals surface area contributed by atoms with Crippen molar-refractivity contribution in [2.24, 2.45) is 5.41 Å². The zero-order chi connectivity index (χ0) is 16.3. The lowest BCUT2D eigenvalue weighted by Crippen LogP contribution is -2.39. The molecule has 118 valence electrons. The third kappa shape index (κ3) is 2.95. The third-order valence-electron chi connectivity index (χ3n) is 4.53. The summed E-state index contributed by atoms with van der Waals surface area (Å²) >= 11 is 0. The second kappa shape index (κ2) is 6.21. The molecule has 0 bridgehead atoms. The standard InChI is InChI=1S/C17H19N5O/c1-13(21-16(23)17(10-18)8-2-3-9-17)14-4-6-15(7-5-14)22-12-19-11-20-22/h4-7,11-13H,2-3,8-9H2,1H3,(H,21,23). The van der Waals surface area contributed by atoms with Crippen molar-refractivity contribution in [2.75, 3.05) is 0 Å². The Morgan fingerprint density at radius 1 is 1.35 bits per heavy atom. The Labute approximate surface area is 135 Å². The number of rotatable bonds is 4. The maximum Gasteiger partial charge on any atom is 0.240 e. The van der Waals surface area contributed by atoms with Crippen LogP contribution in [0.15, 0.2) is 36.9 Å². The average Bonchev–Trinajstić information content (AvgIpc) is 3.27. The van der Waals surface area contributed by atoms with Gasteiger partial charge in [-0.15, -0.1) is 0 Å². The molecule has 1 saturated carbocycles. The highest BCUT2D eigenvalue weighted by atomic mass is 16.2. The molecule has 0 saturated heterocycles. The summed E-state index contributed by atoms with van der Waals surface area (Å²) in [5.41, 5.74) is 1.07. The van der Waals surface area contributed by atoms with E-state index in [1.165, 1.54) is 6.33 Å². The van der Waals surface area contributed by atoms with Gasteiger partial charge in [-0.3, -0.25) is 4.79 Å². The molecule has 0 aliphatic heterocycles. The van der Waals surface area contributed by atoms with Crippen molar-refractivity contribution in [1.82, 2.24) is 20.1 Å². The lowest BCUT2D eigenvalue weighted by atomic mass is 9.86. The molecule has 1 amide bonds. The Balaban J connectivity index is 1.70. The lowest BCUT2D eigenvalue weighted by Gasteiger charge is -2.23. The van der Waals surface area contributed by atoms with E-state index >= 15 is 0 Å². The number of hydrogen-bond acceptors (Lipinski definition) is 4. The van der Waals surface area contributed by atoms with Crippen LogP contribution in [-0.4, -0.2) is 20.7 Å². The van der Waals surface area contributed by atoms with E-state index in [0.717, 1.165) is 24.1 Å². The molecule has 1 unspecified atom stereocenters. The van der Waals surface area contributed by atoms with E-state index in [9.17, 15) is 10.1 Å². The topological polar surface area (TPSA) is 83.6 Å².